The Morgan fingerprint density at radius 3 is 1.77 bits per heavy atom. The molecule has 1 atom stereocenters. The molecule has 2 nitrogen and oxygen atoms in total. The van der Waals surface area contributed by atoms with Gasteiger partial charge < -0.3 is 0 Å². The van der Waals surface area contributed by atoms with Crippen molar-refractivity contribution < 1.29 is 9.15 Å². The quantitative estimate of drug-likeness (QED) is 0.147. The lowest BCUT2D eigenvalue weighted by molar-refractivity contribution is -0.694. The Kier molecular flexibility index (Phi) is 6.01. The molecule has 0 amide bonds. The van der Waals surface area contributed by atoms with Gasteiger partial charge in [-0.05, 0) is 58.2 Å². The van der Waals surface area contributed by atoms with Crippen molar-refractivity contribution in [3.8, 4) is 0 Å². The van der Waals surface area contributed by atoms with Gasteiger partial charge in [0.2, 0.25) is 12.9 Å². The van der Waals surface area contributed by atoms with E-state index in [9.17, 15) is 0 Å². The zero-order valence-corrected chi connectivity index (χ0v) is 27.7. The SMILES string of the molecule is CC(C)(C)c1ccc(C(C)(C)C)c([N+]2=C3C(=[N+]4CC[P+](c5ccccc5)(c5ccccc5)C42)c2cccc4cccc3c24)c1. The average molecular weight is 594 g/mol. The molecule has 2 heterocycles. The van der Waals surface area contributed by atoms with Crippen LogP contribution in [0.25, 0.3) is 10.8 Å². The molecule has 3 aliphatic rings. The van der Waals surface area contributed by atoms with E-state index >= 15 is 0 Å². The van der Waals surface area contributed by atoms with Crippen molar-refractivity contribution in [1.82, 2.24) is 0 Å². The van der Waals surface area contributed by atoms with Crippen LogP contribution in [-0.4, -0.2) is 39.2 Å². The van der Waals surface area contributed by atoms with Crippen LogP contribution in [0.4, 0.5) is 5.69 Å². The first kappa shape index (κ1) is 27.7. The molecular formula is C41H42N2P+3. The van der Waals surface area contributed by atoms with Crippen molar-refractivity contribution in [3.05, 3.63) is 138 Å². The van der Waals surface area contributed by atoms with E-state index in [1.54, 1.807) is 0 Å². The smallest absolute Gasteiger partial charge is 0.124 e. The van der Waals surface area contributed by atoms with Crippen LogP contribution in [0.3, 0.4) is 0 Å². The summed E-state index contributed by atoms with van der Waals surface area (Å²) in [5.41, 5.74) is 9.79. The number of rotatable bonds is 3. The van der Waals surface area contributed by atoms with Crippen LogP contribution in [-0.2, 0) is 10.8 Å². The Labute approximate surface area is 262 Å². The predicted molar refractivity (Wildman–Crippen MR) is 189 cm³/mol. The first-order chi connectivity index (χ1) is 21.1. The lowest BCUT2D eigenvalue weighted by atomic mass is 9.81. The molecule has 0 N–H and O–H groups in total. The molecule has 5 aromatic carbocycles. The standard InChI is InChI=1S/C41H42N2P/c1-40(2,3)29-23-24-34(41(4,5)6)35(27-29)43-38-33-22-14-16-28-15-13-21-32(36(28)33)37(38)42-25-26-44(39(42)43,30-17-9-7-10-18-30)31-19-11-8-12-20-31/h7-24,27,39H,25-26H2,1-6H3/q+3. The third-order valence-electron chi connectivity index (χ3n) is 10.1. The van der Waals surface area contributed by atoms with Gasteiger partial charge in [0.1, 0.15) is 16.8 Å². The molecule has 0 bridgehead atoms. The molecule has 44 heavy (non-hydrogen) atoms. The van der Waals surface area contributed by atoms with Gasteiger partial charge in [0.15, 0.2) is 6.54 Å². The first-order valence-corrected chi connectivity index (χ1v) is 18.1. The molecule has 1 unspecified atom stereocenters. The van der Waals surface area contributed by atoms with Gasteiger partial charge in [0, 0.05) is 17.0 Å². The lowest BCUT2D eigenvalue weighted by Crippen LogP contribution is -2.38. The fourth-order valence-electron chi connectivity index (χ4n) is 8.08. The summed E-state index contributed by atoms with van der Waals surface area (Å²) in [6.45, 7) is 15.2. The van der Waals surface area contributed by atoms with E-state index in [0.29, 0.717) is 0 Å². The predicted octanol–water partition coefficient (Wildman–Crippen LogP) is 8.36. The van der Waals surface area contributed by atoms with Gasteiger partial charge in [-0.2, -0.15) is 0 Å². The molecule has 1 fully saturated rings. The van der Waals surface area contributed by atoms with Gasteiger partial charge in [0.05, 0.1) is 11.1 Å². The monoisotopic (exact) mass is 593 g/mol. The summed E-state index contributed by atoms with van der Waals surface area (Å²) < 4.78 is 5.65. The molecule has 0 spiro atoms. The van der Waals surface area contributed by atoms with Crippen LogP contribution in [0.1, 0.15) is 63.8 Å². The number of nitrogens with zero attached hydrogens (tertiary/aromatic N) is 2. The molecule has 218 valence electrons. The average Bonchev–Trinajstić information content (AvgIpc) is 3.66. The van der Waals surface area contributed by atoms with Gasteiger partial charge >= 0.3 is 5.91 Å². The van der Waals surface area contributed by atoms with Crippen molar-refractivity contribution in [3.63, 3.8) is 0 Å². The second kappa shape index (κ2) is 9.56. The molecule has 5 aromatic rings. The maximum Gasteiger partial charge on any atom is 0.449 e. The number of benzene rings is 5. The van der Waals surface area contributed by atoms with Crippen LogP contribution in [0, 0.1) is 0 Å². The minimum atomic E-state index is -1.94. The summed E-state index contributed by atoms with van der Waals surface area (Å²) in [5, 5.41) is 5.74. The van der Waals surface area contributed by atoms with Crippen molar-refractivity contribution in [2.75, 3.05) is 12.7 Å². The molecular weight excluding hydrogens is 551 g/mol. The molecule has 8 rings (SSSR count). The molecule has 0 aromatic heterocycles. The summed E-state index contributed by atoms with van der Waals surface area (Å²) in [7, 11) is -1.94. The third kappa shape index (κ3) is 3.83. The highest BCUT2D eigenvalue weighted by Crippen LogP contribution is 2.66. The Bertz CT molecular complexity index is 1980. The van der Waals surface area contributed by atoms with Crippen molar-refractivity contribution in [1.29, 1.82) is 0 Å². The zero-order valence-electron chi connectivity index (χ0n) is 26.8. The minimum absolute atomic E-state index is 0.0173. The van der Waals surface area contributed by atoms with Crippen LogP contribution in [0.15, 0.2) is 115 Å². The van der Waals surface area contributed by atoms with E-state index in [1.807, 2.05) is 0 Å². The van der Waals surface area contributed by atoms with Crippen LogP contribution in [0.2, 0.25) is 0 Å². The Hall–Kier alpha value is -3.87. The summed E-state index contributed by atoms with van der Waals surface area (Å²) in [6, 6.07) is 44.2. The van der Waals surface area contributed by atoms with Crippen LogP contribution >= 0.6 is 7.26 Å². The van der Waals surface area contributed by atoms with Crippen molar-refractivity contribution >= 4 is 45.8 Å². The van der Waals surface area contributed by atoms with Crippen LogP contribution < -0.4 is 10.6 Å². The van der Waals surface area contributed by atoms with Gasteiger partial charge in [-0.3, -0.25) is 0 Å². The fourth-order valence-corrected chi connectivity index (χ4v) is 12.9. The molecule has 3 heteroatoms. The Balaban J connectivity index is 1.54. The summed E-state index contributed by atoms with van der Waals surface area (Å²) >= 11 is 0. The Morgan fingerprint density at radius 1 is 0.614 bits per heavy atom. The number of hydrogen-bond acceptors (Lipinski definition) is 0. The lowest BCUT2D eigenvalue weighted by Gasteiger charge is -2.26. The first-order valence-electron chi connectivity index (χ1n) is 16.1. The molecule has 0 radical (unpaired) electrons. The summed E-state index contributed by atoms with van der Waals surface area (Å²) in [5.74, 6) is 0.206. The van der Waals surface area contributed by atoms with Crippen LogP contribution in [0.5, 0.6) is 0 Å². The van der Waals surface area contributed by atoms with E-state index in [-0.39, 0.29) is 16.7 Å². The maximum absolute atomic E-state index is 2.83. The fraction of sp³-hybridized carbons (Fsp3) is 0.268. The van der Waals surface area contributed by atoms with Crippen molar-refractivity contribution in [2.45, 2.75) is 58.3 Å². The summed E-state index contributed by atoms with van der Waals surface area (Å²) in [4.78, 5) is 0. The van der Waals surface area contributed by atoms with E-state index in [1.165, 1.54) is 60.7 Å². The third-order valence-corrected chi connectivity index (χ3v) is 14.8. The molecule has 0 saturated carbocycles. The number of hydrogen-bond donors (Lipinski definition) is 0. The van der Waals surface area contributed by atoms with E-state index in [4.69, 9.17) is 0 Å². The topological polar surface area (TPSA) is 6.02 Å². The molecule has 1 aliphatic carbocycles. The molecule has 1 saturated heterocycles. The normalized spacial score (nSPS) is 18.7. The van der Waals surface area contributed by atoms with E-state index in [0.717, 1.165) is 12.7 Å². The molecule has 2 aliphatic heterocycles. The largest absolute Gasteiger partial charge is 0.449 e. The maximum atomic E-state index is 2.83. The van der Waals surface area contributed by atoms with E-state index in [2.05, 4.69) is 166 Å². The summed E-state index contributed by atoms with van der Waals surface area (Å²) in [6.07, 6.45) is 1.16. The van der Waals surface area contributed by atoms with Gasteiger partial charge in [-0.25, -0.2) is 0 Å². The highest BCUT2D eigenvalue weighted by atomic mass is 31.2. The van der Waals surface area contributed by atoms with Crippen molar-refractivity contribution in [2.24, 2.45) is 0 Å². The zero-order chi connectivity index (χ0) is 30.4. The van der Waals surface area contributed by atoms with E-state index < -0.39 is 7.26 Å². The minimum Gasteiger partial charge on any atom is -0.124 e. The van der Waals surface area contributed by atoms with Gasteiger partial charge in [-0.15, -0.1) is 4.58 Å². The second-order valence-corrected chi connectivity index (χ2v) is 18.5. The highest BCUT2D eigenvalue weighted by Gasteiger charge is 2.74. The Morgan fingerprint density at radius 2 is 1.20 bits per heavy atom. The number of fused-ring (bicyclic) bond motifs is 4. The second-order valence-electron chi connectivity index (χ2n) is 14.8. The highest BCUT2D eigenvalue weighted by molar-refractivity contribution is 7.90. The van der Waals surface area contributed by atoms with Gasteiger partial charge in [-0.1, -0.05) is 119 Å². The van der Waals surface area contributed by atoms with Gasteiger partial charge in [0.25, 0.3) is 11.4 Å².